The highest BCUT2D eigenvalue weighted by Crippen LogP contribution is 2.42. The summed E-state index contributed by atoms with van der Waals surface area (Å²) in [4.78, 5) is 20.1. The van der Waals surface area contributed by atoms with E-state index in [9.17, 15) is 9.59 Å². The Kier molecular flexibility index (Phi) is 20.6. The number of ether oxygens (including phenoxy) is 10. The van der Waals surface area contributed by atoms with E-state index >= 15 is 0 Å². The van der Waals surface area contributed by atoms with Gasteiger partial charge in [0.1, 0.15) is 12.6 Å². The number of aromatic hydroxyl groups is 2. The maximum absolute atomic E-state index is 10.2. The molecule has 353 valence electrons. The van der Waals surface area contributed by atoms with Gasteiger partial charge in [-0.05, 0) is 95.6 Å². The fraction of sp³-hybridized carbons (Fsp3) is 0.320. The Balaban J connectivity index is 0.000000292. The summed E-state index contributed by atoms with van der Waals surface area (Å²) in [6, 6.07) is 21.5. The lowest BCUT2D eigenvalue weighted by atomic mass is 10.2. The quantitative estimate of drug-likeness (QED) is 0.0590. The smallest absolute Gasteiger partial charge is 0.246 e. The Morgan fingerprint density at radius 1 is 0.545 bits per heavy atom. The Morgan fingerprint density at radius 2 is 0.924 bits per heavy atom. The SMILES string of the molecule is C.C=CC1OCCO1.CC1(C)Oc2ccc(/C=C/C3OCCO3)cc2O1.CC1(C)Oc2ccc(/C=C/C=O)cc2O1.CC1(C)Oc2ccc(Br)cc2O1.O=C/C=C/c1ccc(O)c(O)c1.[2HH].[B]. The summed E-state index contributed by atoms with van der Waals surface area (Å²) in [7, 11) is 0. The largest absolute Gasteiger partial charge is 0.504 e. The predicted molar refractivity (Wildman–Crippen MR) is 258 cm³/mol. The standard InChI is InChI=1S/C14H16O4.C12H12O3.C9H9BrO2.C9H8O3.C5H8O2.CH4.B.H2/c1-14(2)17-11-5-3-10(9-12(11)18-14)4-6-13-15-7-8-16-13;1-12(2)14-10-6-5-9(4-3-7-13)8-11(10)15-12;1-9(2)11-7-4-3-6(10)5-8(7)12-9;10-5-1-2-7-3-4-8(11)9(12)6-7;1-2-5-6-3-4-7-5;;;/h3-6,9,13H,7-8H2,1-2H3;3-8H,1-2H3;3-5H,1-2H3;1-6,11-12H;2,5H,1,3-4H2;1H4;;1H/b6-4+;4-3+;;2-1+;;;;/i;;;;;;;1+1. The maximum Gasteiger partial charge on any atom is 0.246 e. The molecule has 9 rings (SSSR count). The molecule has 14 nitrogen and oxygen atoms in total. The minimum absolute atomic E-state index is 0. The maximum atomic E-state index is 10.2. The third-order valence-corrected chi connectivity index (χ3v) is 9.14. The Labute approximate surface area is 398 Å². The molecule has 0 unspecified atom stereocenters. The molecular weight excluding hydrogens is 915 g/mol. The number of benzene rings is 4. The van der Waals surface area contributed by atoms with Gasteiger partial charge in [-0.3, -0.25) is 9.59 Å². The Bertz CT molecular complexity index is 2320. The summed E-state index contributed by atoms with van der Waals surface area (Å²) in [5.41, 5.74) is 2.62. The predicted octanol–water partition coefficient (Wildman–Crippen LogP) is 10.3. The highest BCUT2D eigenvalue weighted by Gasteiger charge is 2.33. The molecular formula is C50H59BBrO14. The van der Waals surface area contributed by atoms with Crippen LogP contribution in [0.3, 0.4) is 0 Å². The third-order valence-electron chi connectivity index (χ3n) is 8.64. The number of fused-ring (bicyclic) bond motifs is 3. The number of halogens is 1. The lowest BCUT2D eigenvalue weighted by molar-refractivity contribution is -0.104. The summed E-state index contributed by atoms with van der Waals surface area (Å²) in [6.45, 7) is 17.5. The minimum atomic E-state index is -0.602. The molecule has 5 aliphatic heterocycles. The second-order valence-corrected chi connectivity index (χ2v) is 16.3. The van der Waals surface area contributed by atoms with Crippen LogP contribution >= 0.6 is 15.9 Å². The van der Waals surface area contributed by atoms with Crippen LogP contribution in [0, 0.1) is 0 Å². The summed E-state index contributed by atoms with van der Waals surface area (Å²) in [5, 5.41) is 18.0. The number of carbonyl (C=O) groups is 2. The van der Waals surface area contributed by atoms with Crippen molar-refractivity contribution in [3.63, 3.8) is 0 Å². The van der Waals surface area contributed by atoms with Crippen LogP contribution in [0.1, 0.15) is 67.1 Å². The fourth-order valence-corrected chi connectivity index (χ4v) is 6.36. The number of aldehydes is 2. The van der Waals surface area contributed by atoms with E-state index in [1.54, 1.807) is 18.2 Å². The summed E-state index contributed by atoms with van der Waals surface area (Å²) >= 11 is 3.37. The van der Waals surface area contributed by atoms with Crippen LogP contribution in [0.15, 0.2) is 108 Å². The Hall–Kier alpha value is -6.04. The molecule has 0 saturated carbocycles. The van der Waals surface area contributed by atoms with Crippen molar-refractivity contribution in [3.8, 4) is 46.0 Å². The van der Waals surface area contributed by atoms with Crippen molar-refractivity contribution in [2.24, 2.45) is 0 Å². The van der Waals surface area contributed by atoms with E-state index < -0.39 is 17.4 Å². The first kappa shape index (κ1) is 54.3. The van der Waals surface area contributed by atoms with Crippen LogP contribution in [0.5, 0.6) is 46.0 Å². The average molecular weight is 976 g/mol. The first-order valence-corrected chi connectivity index (χ1v) is 21.0. The molecule has 5 aliphatic rings. The average Bonchev–Trinajstić information content (AvgIpc) is 4.10. The van der Waals surface area contributed by atoms with Crippen LogP contribution in [0.4, 0.5) is 0 Å². The molecule has 0 amide bonds. The van der Waals surface area contributed by atoms with Gasteiger partial charge in [0.15, 0.2) is 58.6 Å². The van der Waals surface area contributed by atoms with Crippen molar-refractivity contribution in [2.75, 3.05) is 26.4 Å². The second kappa shape index (κ2) is 25.0. The van der Waals surface area contributed by atoms with Gasteiger partial charge in [-0.1, -0.05) is 66.4 Å². The number of hydrogen-bond acceptors (Lipinski definition) is 14. The lowest BCUT2D eigenvalue weighted by Gasteiger charge is -2.16. The number of rotatable bonds is 7. The topological polar surface area (TPSA) is 167 Å². The summed E-state index contributed by atoms with van der Waals surface area (Å²) < 4.78 is 55.1. The molecule has 16 heteroatoms. The molecule has 4 aromatic carbocycles. The van der Waals surface area contributed by atoms with Gasteiger partial charge in [0, 0.05) is 55.9 Å². The van der Waals surface area contributed by atoms with Crippen LogP contribution in [0.2, 0.25) is 0 Å². The fourth-order valence-electron chi connectivity index (χ4n) is 6.02. The first-order valence-electron chi connectivity index (χ1n) is 20.2. The molecule has 0 aromatic heterocycles. The number of allylic oxidation sites excluding steroid dienone is 2. The van der Waals surface area contributed by atoms with Gasteiger partial charge < -0.3 is 57.6 Å². The number of carbonyl (C=O) groups excluding carboxylic acids is 2. The highest BCUT2D eigenvalue weighted by molar-refractivity contribution is 9.10. The van der Waals surface area contributed by atoms with Gasteiger partial charge in [-0.2, -0.15) is 0 Å². The van der Waals surface area contributed by atoms with Gasteiger partial charge in [0.25, 0.3) is 0 Å². The zero-order valence-corrected chi connectivity index (χ0v) is 38.6. The number of hydrogen-bond donors (Lipinski definition) is 2. The second-order valence-electron chi connectivity index (χ2n) is 15.4. The highest BCUT2D eigenvalue weighted by atomic mass is 79.9. The summed E-state index contributed by atoms with van der Waals surface area (Å²) in [5.74, 6) is 2.55. The van der Waals surface area contributed by atoms with E-state index in [1.807, 2.05) is 108 Å². The zero-order chi connectivity index (χ0) is 46.3. The monoisotopic (exact) mass is 974 g/mol. The molecule has 5 heterocycles. The summed E-state index contributed by atoms with van der Waals surface area (Å²) in [6.07, 6.45) is 12.5. The van der Waals surface area contributed by atoms with E-state index in [0.29, 0.717) is 44.0 Å². The minimum Gasteiger partial charge on any atom is -0.504 e. The molecule has 4 aromatic rings. The molecule has 2 saturated heterocycles. The third kappa shape index (κ3) is 17.1. The van der Waals surface area contributed by atoms with Crippen LogP contribution < -0.4 is 28.4 Å². The van der Waals surface area contributed by atoms with E-state index in [0.717, 1.165) is 50.6 Å². The van der Waals surface area contributed by atoms with E-state index in [2.05, 4.69) is 22.5 Å². The molecule has 66 heavy (non-hydrogen) atoms. The van der Waals surface area contributed by atoms with Crippen molar-refractivity contribution in [2.45, 2.75) is 78.9 Å². The van der Waals surface area contributed by atoms with Crippen molar-refractivity contribution in [3.05, 3.63) is 125 Å². The van der Waals surface area contributed by atoms with Gasteiger partial charge in [0.2, 0.25) is 17.4 Å². The number of phenolic OH excluding ortho intramolecular Hbond substituents is 2. The van der Waals surface area contributed by atoms with Crippen LogP contribution in [0.25, 0.3) is 18.2 Å². The molecule has 0 aliphatic carbocycles. The van der Waals surface area contributed by atoms with E-state index in [-0.39, 0.29) is 41.3 Å². The Morgan fingerprint density at radius 3 is 1.35 bits per heavy atom. The molecule has 0 atom stereocenters. The zero-order valence-electron chi connectivity index (χ0n) is 37.1. The van der Waals surface area contributed by atoms with Crippen molar-refractivity contribution in [1.29, 1.82) is 0 Å². The van der Waals surface area contributed by atoms with Crippen molar-refractivity contribution < 1.29 is 68.6 Å². The normalized spacial score (nSPS) is 17.4. The van der Waals surface area contributed by atoms with Gasteiger partial charge >= 0.3 is 0 Å². The molecule has 2 fully saturated rings. The van der Waals surface area contributed by atoms with Crippen molar-refractivity contribution in [1.82, 2.24) is 0 Å². The van der Waals surface area contributed by atoms with Crippen LogP contribution in [-0.2, 0) is 28.5 Å². The van der Waals surface area contributed by atoms with E-state index in [1.165, 1.54) is 30.4 Å². The number of phenols is 2. The molecule has 2 N–H and O–H groups in total. The molecule has 0 bridgehead atoms. The lowest BCUT2D eigenvalue weighted by Crippen LogP contribution is -2.29. The van der Waals surface area contributed by atoms with Gasteiger partial charge in [0.05, 0.1) is 26.4 Å². The first-order chi connectivity index (χ1) is 30.5. The van der Waals surface area contributed by atoms with Crippen LogP contribution in [-0.4, -0.2) is 87.6 Å². The van der Waals surface area contributed by atoms with Crippen molar-refractivity contribution >= 4 is 55.1 Å². The van der Waals surface area contributed by atoms with Gasteiger partial charge in [-0.15, -0.1) is 0 Å². The molecule has 3 radical (unpaired) electrons. The van der Waals surface area contributed by atoms with Gasteiger partial charge in [-0.25, -0.2) is 0 Å². The van der Waals surface area contributed by atoms with E-state index in [4.69, 9.17) is 57.6 Å². The molecule has 0 spiro atoms.